The van der Waals surface area contributed by atoms with Gasteiger partial charge in [0, 0.05) is 5.69 Å². The molecule has 132 valence electrons. The van der Waals surface area contributed by atoms with Crippen molar-refractivity contribution in [2.45, 2.75) is 6.92 Å². The second-order valence-corrected chi connectivity index (χ2v) is 5.04. The van der Waals surface area contributed by atoms with E-state index in [4.69, 9.17) is 9.47 Å². The van der Waals surface area contributed by atoms with Crippen LogP contribution in [0.2, 0.25) is 0 Å². The van der Waals surface area contributed by atoms with Crippen LogP contribution in [0.5, 0.6) is 11.5 Å². The lowest BCUT2D eigenvalue weighted by molar-refractivity contribution is 0.363. The molecule has 2 aromatic carbocycles. The molecule has 0 heterocycles. The van der Waals surface area contributed by atoms with Crippen molar-refractivity contribution in [3.63, 3.8) is 0 Å². The lowest BCUT2D eigenvalue weighted by Gasteiger charge is -2.08. The minimum Gasteiger partial charge on any atom is -0.490 e. The van der Waals surface area contributed by atoms with Crippen LogP contribution < -0.4 is 14.8 Å². The first-order valence-electron chi connectivity index (χ1n) is 7.71. The average molecular weight is 359 g/mol. The standard InChI is InChI=1S/C20H22N2O2.ClH/c1-4-14-23-19-10-6-17(7-11-19)21-16(3)22-18-8-12-20(13-9-18)24-15-5-2;/h4-13H,1-2,14-15H2,3H3,(H,21,22);1H. The summed E-state index contributed by atoms with van der Waals surface area (Å²) in [5.41, 5.74) is 1.81. The molecule has 0 saturated heterocycles. The molecule has 0 aliphatic rings. The zero-order valence-electron chi connectivity index (χ0n) is 14.3. The molecule has 0 atom stereocenters. The SMILES string of the molecule is C=CCOc1ccc(N=C(C)Nc2ccc(OCC=C)cc2)cc1.Cl. The fourth-order valence-electron chi connectivity index (χ4n) is 1.99. The minimum absolute atomic E-state index is 0. The Kier molecular flexibility index (Phi) is 8.90. The maximum atomic E-state index is 5.46. The van der Waals surface area contributed by atoms with Gasteiger partial charge in [-0.1, -0.05) is 25.3 Å². The minimum atomic E-state index is 0. The van der Waals surface area contributed by atoms with Crippen molar-refractivity contribution in [2.75, 3.05) is 18.5 Å². The number of hydrogen-bond donors (Lipinski definition) is 1. The van der Waals surface area contributed by atoms with E-state index in [1.54, 1.807) is 12.2 Å². The maximum absolute atomic E-state index is 5.46. The molecule has 5 heteroatoms. The Morgan fingerprint density at radius 2 is 1.40 bits per heavy atom. The summed E-state index contributed by atoms with van der Waals surface area (Å²) in [7, 11) is 0. The second kappa shape index (κ2) is 10.9. The Labute approximate surface area is 155 Å². The summed E-state index contributed by atoms with van der Waals surface area (Å²) in [6.45, 7) is 10.2. The van der Waals surface area contributed by atoms with Gasteiger partial charge in [-0.2, -0.15) is 0 Å². The van der Waals surface area contributed by atoms with Gasteiger partial charge in [0.2, 0.25) is 0 Å². The number of halogens is 1. The molecule has 0 radical (unpaired) electrons. The van der Waals surface area contributed by atoms with Gasteiger partial charge in [-0.25, -0.2) is 4.99 Å². The number of benzene rings is 2. The number of amidine groups is 1. The Hall–Kier alpha value is -2.72. The van der Waals surface area contributed by atoms with Crippen LogP contribution in [0, 0.1) is 0 Å². The van der Waals surface area contributed by atoms with Crippen LogP contribution >= 0.6 is 12.4 Å². The molecule has 0 aliphatic heterocycles. The molecule has 0 spiro atoms. The van der Waals surface area contributed by atoms with Crippen molar-refractivity contribution in [3.8, 4) is 11.5 Å². The normalized spacial score (nSPS) is 10.4. The van der Waals surface area contributed by atoms with Crippen LogP contribution in [-0.4, -0.2) is 19.0 Å². The Morgan fingerprint density at radius 3 is 1.88 bits per heavy atom. The van der Waals surface area contributed by atoms with E-state index in [1.807, 2.05) is 55.5 Å². The summed E-state index contributed by atoms with van der Waals surface area (Å²) in [5, 5.41) is 3.25. The summed E-state index contributed by atoms with van der Waals surface area (Å²) >= 11 is 0. The van der Waals surface area contributed by atoms with Crippen LogP contribution in [-0.2, 0) is 0 Å². The molecule has 2 aromatic rings. The predicted octanol–water partition coefficient (Wildman–Crippen LogP) is 5.40. The van der Waals surface area contributed by atoms with Crippen LogP contribution in [0.3, 0.4) is 0 Å². The van der Waals surface area contributed by atoms with Gasteiger partial charge in [0.1, 0.15) is 30.5 Å². The van der Waals surface area contributed by atoms with Gasteiger partial charge in [0.25, 0.3) is 0 Å². The molecule has 0 unspecified atom stereocenters. The fourth-order valence-corrected chi connectivity index (χ4v) is 1.99. The molecule has 2 rings (SSSR count). The third kappa shape index (κ3) is 7.14. The van der Waals surface area contributed by atoms with E-state index in [-0.39, 0.29) is 12.4 Å². The number of nitrogens with one attached hydrogen (secondary N) is 1. The van der Waals surface area contributed by atoms with Gasteiger partial charge in [0.15, 0.2) is 0 Å². The highest BCUT2D eigenvalue weighted by atomic mass is 35.5. The van der Waals surface area contributed by atoms with E-state index >= 15 is 0 Å². The zero-order chi connectivity index (χ0) is 17.2. The maximum Gasteiger partial charge on any atom is 0.119 e. The van der Waals surface area contributed by atoms with Crippen molar-refractivity contribution in [3.05, 3.63) is 73.8 Å². The number of anilines is 1. The summed E-state index contributed by atoms with van der Waals surface area (Å²) in [5.74, 6) is 2.41. The van der Waals surface area contributed by atoms with Gasteiger partial charge in [0.05, 0.1) is 5.69 Å². The summed E-state index contributed by atoms with van der Waals surface area (Å²) in [4.78, 5) is 4.53. The molecule has 0 aliphatic carbocycles. The molecular formula is C20H23ClN2O2. The number of hydrogen-bond acceptors (Lipinski definition) is 3. The van der Waals surface area contributed by atoms with Gasteiger partial charge in [-0.3, -0.25) is 0 Å². The van der Waals surface area contributed by atoms with Gasteiger partial charge >= 0.3 is 0 Å². The third-order valence-electron chi connectivity index (χ3n) is 3.05. The van der Waals surface area contributed by atoms with Crippen LogP contribution in [0.25, 0.3) is 0 Å². The summed E-state index contributed by atoms with van der Waals surface area (Å²) in [6.07, 6.45) is 3.44. The van der Waals surface area contributed by atoms with E-state index in [1.165, 1.54) is 0 Å². The fraction of sp³-hybridized carbons (Fsp3) is 0.150. The second-order valence-electron chi connectivity index (χ2n) is 5.04. The molecule has 25 heavy (non-hydrogen) atoms. The van der Waals surface area contributed by atoms with Crippen molar-refractivity contribution < 1.29 is 9.47 Å². The topological polar surface area (TPSA) is 42.8 Å². The number of ether oxygens (including phenoxy) is 2. The van der Waals surface area contributed by atoms with Crippen molar-refractivity contribution >= 4 is 29.6 Å². The van der Waals surface area contributed by atoms with Gasteiger partial charge in [-0.15, -0.1) is 12.4 Å². The molecule has 0 bridgehead atoms. The first-order valence-corrected chi connectivity index (χ1v) is 7.71. The highest BCUT2D eigenvalue weighted by Gasteiger charge is 1.98. The van der Waals surface area contributed by atoms with Gasteiger partial charge in [-0.05, 0) is 55.5 Å². The lowest BCUT2D eigenvalue weighted by Crippen LogP contribution is -2.06. The molecule has 1 N–H and O–H groups in total. The molecule has 0 aromatic heterocycles. The molecular weight excluding hydrogens is 336 g/mol. The summed E-state index contributed by atoms with van der Waals surface area (Å²) < 4.78 is 10.9. The number of rotatable bonds is 8. The Bertz CT molecular complexity index is 695. The van der Waals surface area contributed by atoms with E-state index in [9.17, 15) is 0 Å². The third-order valence-corrected chi connectivity index (χ3v) is 3.05. The van der Waals surface area contributed by atoms with Crippen LogP contribution in [0.4, 0.5) is 11.4 Å². The average Bonchev–Trinajstić information content (AvgIpc) is 2.60. The van der Waals surface area contributed by atoms with E-state index in [0.29, 0.717) is 13.2 Å². The van der Waals surface area contributed by atoms with E-state index < -0.39 is 0 Å². The van der Waals surface area contributed by atoms with E-state index in [2.05, 4.69) is 23.5 Å². The number of nitrogens with zero attached hydrogens (tertiary/aromatic N) is 1. The van der Waals surface area contributed by atoms with Crippen molar-refractivity contribution in [2.24, 2.45) is 4.99 Å². The largest absolute Gasteiger partial charge is 0.490 e. The highest BCUT2D eigenvalue weighted by molar-refractivity contribution is 5.95. The van der Waals surface area contributed by atoms with E-state index in [0.717, 1.165) is 28.7 Å². The highest BCUT2D eigenvalue weighted by Crippen LogP contribution is 2.19. The smallest absolute Gasteiger partial charge is 0.119 e. The molecule has 0 saturated carbocycles. The molecule has 0 amide bonds. The zero-order valence-corrected chi connectivity index (χ0v) is 15.1. The quantitative estimate of drug-likeness (QED) is 0.390. The number of aliphatic imine (C=N–C) groups is 1. The summed E-state index contributed by atoms with van der Waals surface area (Å²) in [6, 6.07) is 15.3. The van der Waals surface area contributed by atoms with Crippen LogP contribution in [0.1, 0.15) is 6.92 Å². The molecule has 0 fully saturated rings. The first kappa shape index (κ1) is 20.3. The first-order chi connectivity index (χ1) is 11.7. The Balaban J connectivity index is 0.00000312. The van der Waals surface area contributed by atoms with Crippen LogP contribution in [0.15, 0.2) is 78.8 Å². The Morgan fingerprint density at radius 1 is 0.920 bits per heavy atom. The van der Waals surface area contributed by atoms with Crippen molar-refractivity contribution in [1.82, 2.24) is 0 Å². The molecule has 4 nitrogen and oxygen atoms in total. The monoisotopic (exact) mass is 358 g/mol. The lowest BCUT2D eigenvalue weighted by atomic mass is 10.3. The van der Waals surface area contributed by atoms with Gasteiger partial charge < -0.3 is 14.8 Å². The van der Waals surface area contributed by atoms with Crippen molar-refractivity contribution in [1.29, 1.82) is 0 Å². The predicted molar refractivity (Wildman–Crippen MR) is 108 cm³/mol.